The Bertz CT molecular complexity index is 292. The summed E-state index contributed by atoms with van der Waals surface area (Å²) in [5.41, 5.74) is 7.89. The molecule has 0 aliphatic rings. The first-order valence-electron chi connectivity index (χ1n) is 6.83. The molecule has 96 valence electrons. The fraction of sp³-hybridized carbons (Fsp3) is 0.600. The number of nitrogens with zero attached hydrogens (tertiary/aromatic N) is 1. The topological polar surface area (TPSA) is 29.3 Å². The van der Waals surface area contributed by atoms with E-state index in [1.54, 1.807) is 0 Å². The summed E-state index contributed by atoms with van der Waals surface area (Å²) in [6, 6.07) is 8.23. The lowest BCUT2D eigenvalue weighted by molar-refractivity contribution is 0.273. The summed E-state index contributed by atoms with van der Waals surface area (Å²) < 4.78 is 0. The smallest absolute Gasteiger partial charge is 0.0314 e. The monoisotopic (exact) mass is 234 g/mol. The molecule has 1 aromatic carbocycles. The van der Waals surface area contributed by atoms with Crippen LogP contribution >= 0.6 is 0 Å². The van der Waals surface area contributed by atoms with Gasteiger partial charge in [0, 0.05) is 12.2 Å². The van der Waals surface area contributed by atoms with Gasteiger partial charge in [0.1, 0.15) is 0 Å². The Balaban J connectivity index is 2.33. The Morgan fingerprint density at radius 3 is 2.29 bits per heavy atom. The zero-order valence-electron chi connectivity index (χ0n) is 11.3. The standard InChI is InChI=1S/C15H26N2/c1-3-5-6-7-12-17(4-2)13-14-8-10-15(16)11-9-14/h8-11H,3-7,12-13,16H2,1-2H3. The lowest BCUT2D eigenvalue weighted by Crippen LogP contribution is -2.24. The molecule has 0 aliphatic heterocycles. The molecule has 1 rings (SSSR count). The molecular weight excluding hydrogens is 208 g/mol. The van der Waals surface area contributed by atoms with Gasteiger partial charge < -0.3 is 5.73 Å². The van der Waals surface area contributed by atoms with Gasteiger partial charge in [-0.25, -0.2) is 0 Å². The second-order valence-corrected chi connectivity index (χ2v) is 4.67. The molecule has 2 heteroatoms. The van der Waals surface area contributed by atoms with Gasteiger partial charge >= 0.3 is 0 Å². The number of benzene rings is 1. The number of rotatable bonds is 8. The largest absolute Gasteiger partial charge is 0.399 e. The van der Waals surface area contributed by atoms with E-state index in [1.807, 2.05) is 12.1 Å². The second-order valence-electron chi connectivity index (χ2n) is 4.67. The van der Waals surface area contributed by atoms with E-state index in [9.17, 15) is 0 Å². The van der Waals surface area contributed by atoms with Gasteiger partial charge in [-0.1, -0.05) is 45.2 Å². The zero-order chi connectivity index (χ0) is 12.5. The molecule has 0 heterocycles. The molecule has 0 fully saturated rings. The normalized spacial score (nSPS) is 11.0. The molecular formula is C15H26N2. The van der Waals surface area contributed by atoms with Gasteiger partial charge in [0.15, 0.2) is 0 Å². The summed E-state index contributed by atoms with van der Waals surface area (Å²) in [6.45, 7) is 7.86. The first kappa shape index (κ1) is 14.0. The van der Waals surface area contributed by atoms with Crippen molar-refractivity contribution >= 4 is 5.69 Å². The summed E-state index contributed by atoms with van der Waals surface area (Å²) in [5, 5.41) is 0. The lowest BCUT2D eigenvalue weighted by Gasteiger charge is -2.20. The molecule has 0 amide bonds. The van der Waals surface area contributed by atoms with E-state index in [0.717, 1.165) is 18.8 Å². The van der Waals surface area contributed by atoms with Gasteiger partial charge in [0.2, 0.25) is 0 Å². The maximum atomic E-state index is 5.69. The maximum Gasteiger partial charge on any atom is 0.0314 e. The van der Waals surface area contributed by atoms with Crippen molar-refractivity contribution in [3.05, 3.63) is 29.8 Å². The number of hydrogen-bond donors (Lipinski definition) is 1. The molecule has 0 saturated carbocycles. The Labute approximate surface area is 106 Å². The summed E-state index contributed by atoms with van der Waals surface area (Å²) in [7, 11) is 0. The minimum Gasteiger partial charge on any atom is -0.399 e. The van der Waals surface area contributed by atoms with Gasteiger partial charge in [-0.2, -0.15) is 0 Å². The van der Waals surface area contributed by atoms with Gasteiger partial charge in [0.25, 0.3) is 0 Å². The highest BCUT2D eigenvalue weighted by molar-refractivity contribution is 5.39. The van der Waals surface area contributed by atoms with Crippen molar-refractivity contribution in [2.24, 2.45) is 0 Å². The van der Waals surface area contributed by atoms with Crippen molar-refractivity contribution in [1.82, 2.24) is 4.90 Å². The Kier molecular flexibility index (Phi) is 6.71. The molecule has 0 radical (unpaired) electrons. The fourth-order valence-corrected chi connectivity index (χ4v) is 1.99. The second kappa shape index (κ2) is 8.13. The van der Waals surface area contributed by atoms with E-state index >= 15 is 0 Å². The quantitative estimate of drug-likeness (QED) is 0.549. The van der Waals surface area contributed by atoms with Gasteiger partial charge in [0.05, 0.1) is 0 Å². The summed E-state index contributed by atoms with van der Waals surface area (Å²) >= 11 is 0. The van der Waals surface area contributed by atoms with Crippen molar-refractivity contribution in [2.75, 3.05) is 18.8 Å². The number of nitrogens with two attached hydrogens (primary N) is 1. The molecule has 2 nitrogen and oxygen atoms in total. The Hall–Kier alpha value is -1.02. The molecule has 0 spiro atoms. The van der Waals surface area contributed by atoms with Crippen LogP contribution in [0.4, 0.5) is 5.69 Å². The van der Waals surface area contributed by atoms with Gasteiger partial charge in [-0.05, 0) is 37.2 Å². The van der Waals surface area contributed by atoms with Crippen LogP contribution in [-0.2, 0) is 6.54 Å². The molecule has 1 aromatic rings. The minimum absolute atomic E-state index is 0.847. The molecule has 0 unspecified atom stereocenters. The third kappa shape index (κ3) is 5.73. The molecule has 0 saturated heterocycles. The van der Waals surface area contributed by atoms with Crippen molar-refractivity contribution in [2.45, 2.75) is 46.1 Å². The van der Waals surface area contributed by atoms with Gasteiger partial charge in [-0.15, -0.1) is 0 Å². The van der Waals surface area contributed by atoms with Crippen LogP contribution in [0.2, 0.25) is 0 Å². The van der Waals surface area contributed by atoms with Gasteiger partial charge in [-0.3, -0.25) is 4.90 Å². The Morgan fingerprint density at radius 1 is 1.00 bits per heavy atom. The van der Waals surface area contributed by atoms with Crippen LogP contribution in [-0.4, -0.2) is 18.0 Å². The van der Waals surface area contributed by atoms with Crippen molar-refractivity contribution in [3.63, 3.8) is 0 Å². The van der Waals surface area contributed by atoms with Crippen LogP contribution in [0.5, 0.6) is 0 Å². The van der Waals surface area contributed by atoms with Crippen LogP contribution in [0.1, 0.15) is 45.1 Å². The van der Waals surface area contributed by atoms with Crippen molar-refractivity contribution < 1.29 is 0 Å². The van der Waals surface area contributed by atoms with E-state index < -0.39 is 0 Å². The van der Waals surface area contributed by atoms with Crippen molar-refractivity contribution in [3.8, 4) is 0 Å². The third-order valence-electron chi connectivity index (χ3n) is 3.16. The SMILES string of the molecule is CCCCCCN(CC)Cc1ccc(N)cc1. The molecule has 0 aromatic heterocycles. The fourth-order valence-electron chi connectivity index (χ4n) is 1.99. The first-order chi connectivity index (χ1) is 8.26. The van der Waals surface area contributed by atoms with E-state index in [4.69, 9.17) is 5.73 Å². The van der Waals surface area contributed by atoms with Crippen LogP contribution in [0.15, 0.2) is 24.3 Å². The van der Waals surface area contributed by atoms with Crippen LogP contribution in [0.25, 0.3) is 0 Å². The minimum atomic E-state index is 0.847. The molecule has 0 atom stereocenters. The number of nitrogen functional groups attached to an aromatic ring is 1. The highest BCUT2D eigenvalue weighted by Gasteiger charge is 2.03. The average molecular weight is 234 g/mol. The lowest BCUT2D eigenvalue weighted by atomic mass is 10.1. The van der Waals surface area contributed by atoms with Crippen LogP contribution in [0.3, 0.4) is 0 Å². The molecule has 17 heavy (non-hydrogen) atoms. The highest BCUT2D eigenvalue weighted by atomic mass is 15.1. The maximum absolute atomic E-state index is 5.69. The van der Waals surface area contributed by atoms with E-state index in [-0.39, 0.29) is 0 Å². The highest BCUT2D eigenvalue weighted by Crippen LogP contribution is 2.09. The summed E-state index contributed by atoms with van der Waals surface area (Å²) in [6.07, 6.45) is 5.34. The third-order valence-corrected chi connectivity index (χ3v) is 3.16. The Morgan fingerprint density at radius 2 is 1.71 bits per heavy atom. The van der Waals surface area contributed by atoms with Crippen LogP contribution in [0, 0.1) is 0 Å². The molecule has 0 aliphatic carbocycles. The summed E-state index contributed by atoms with van der Waals surface area (Å²) in [4.78, 5) is 2.50. The predicted octanol–water partition coefficient (Wildman–Crippen LogP) is 3.67. The summed E-state index contributed by atoms with van der Waals surface area (Å²) in [5.74, 6) is 0. The average Bonchev–Trinajstić information content (AvgIpc) is 2.35. The van der Waals surface area contributed by atoms with E-state index in [2.05, 4.69) is 30.9 Å². The van der Waals surface area contributed by atoms with Crippen molar-refractivity contribution in [1.29, 1.82) is 0 Å². The molecule has 2 N–H and O–H groups in total. The predicted molar refractivity (Wildman–Crippen MR) is 75.9 cm³/mol. The molecule has 0 bridgehead atoms. The number of unbranched alkanes of at least 4 members (excludes halogenated alkanes) is 3. The number of hydrogen-bond acceptors (Lipinski definition) is 2. The number of anilines is 1. The van der Waals surface area contributed by atoms with E-state index in [0.29, 0.717) is 0 Å². The first-order valence-corrected chi connectivity index (χ1v) is 6.83. The van der Waals surface area contributed by atoms with E-state index in [1.165, 1.54) is 37.8 Å². The van der Waals surface area contributed by atoms with Crippen LogP contribution < -0.4 is 5.73 Å². The zero-order valence-corrected chi connectivity index (χ0v) is 11.3.